The molecule has 1 amide bonds. The molecule has 0 saturated carbocycles. The monoisotopic (exact) mass is 435 g/mol. The Morgan fingerprint density at radius 1 is 1.23 bits per heavy atom. The Labute approximate surface area is 175 Å². The van der Waals surface area contributed by atoms with E-state index in [4.69, 9.17) is 5.73 Å². The minimum absolute atomic E-state index is 0.296. The van der Waals surface area contributed by atoms with Crippen molar-refractivity contribution in [1.82, 2.24) is 20.4 Å². The first-order valence-corrected chi connectivity index (χ1v) is 9.61. The fourth-order valence-electron chi connectivity index (χ4n) is 2.54. The number of hydrogen-bond acceptors (Lipinski definition) is 6. The van der Waals surface area contributed by atoms with E-state index >= 15 is 0 Å². The molecule has 0 fully saturated rings. The molecule has 2 unspecified atom stereocenters. The van der Waals surface area contributed by atoms with Gasteiger partial charge in [0.25, 0.3) is 5.66 Å². The third kappa shape index (κ3) is 6.93. The van der Waals surface area contributed by atoms with E-state index in [2.05, 4.69) is 25.0 Å². The van der Waals surface area contributed by atoms with Crippen LogP contribution in [0.5, 0.6) is 0 Å². The summed E-state index contributed by atoms with van der Waals surface area (Å²) in [6.45, 7) is 5.82. The topological polar surface area (TPSA) is 107 Å². The summed E-state index contributed by atoms with van der Waals surface area (Å²) in [7, 11) is 1.50. The number of hydrogen-bond donors (Lipinski definition) is 2. The number of alkyl halides is 2. The zero-order chi connectivity index (χ0) is 22.3. The third-order valence-corrected chi connectivity index (χ3v) is 4.35. The highest BCUT2D eigenvalue weighted by Crippen LogP contribution is 2.36. The Kier molecular flexibility index (Phi) is 8.08. The van der Waals surface area contributed by atoms with Gasteiger partial charge in [-0.1, -0.05) is 32.1 Å². The van der Waals surface area contributed by atoms with E-state index in [1.54, 1.807) is 25.3 Å². The van der Waals surface area contributed by atoms with Gasteiger partial charge in [0.05, 0.1) is 18.3 Å². The van der Waals surface area contributed by atoms with Crippen molar-refractivity contribution in [2.45, 2.75) is 39.0 Å². The summed E-state index contributed by atoms with van der Waals surface area (Å²) in [5.41, 5.74) is 6.47. The highest BCUT2D eigenvalue weighted by Gasteiger charge is 2.32. The second-order valence-electron chi connectivity index (χ2n) is 6.74. The second kappa shape index (κ2) is 10.3. The number of aromatic nitrogens is 3. The standard InChI is InChI=1S/C15H17F2N2P.C5H7N3O2/c1-9-3-4-13(19-8-9)11-5-10(2)6-12(7-11)14(18)15(16,17)20;1-4-7-5(10-8-4)2-6-3-9/h3-8,14H,18,20H2,1-2H3;3H,2H2,1H3,(H,6,9). The van der Waals surface area contributed by atoms with Crippen LogP contribution in [-0.4, -0.2) is 27.2 Å². The number of pyridine rings is 1. The second-order valence-corrected chi connectivity index (χ2v) is 7.51. The Bertz CT molecular complexity index is 974. The van der Waals surface area contributed by atoms with Crippen LogP contribution >= 0.6 is 9.24 Å². The quantitative estimate of drug-likeness (QED) is 0.454. The van der Waals surface area contributed by atoms with Crippen LogP contribution in [-0.2, 0) is 11.3 Å². The first kappa shape index (κ1) is 23.5. The molecule has 0 saturated heterocycles. The van der Waals surface area contributed by atoms with E-state index in [1.165, 1.54) is 9.24 Å². The zero-order valence-electron chi connectivity index (χ0n) is 16.9. The first-order chi connectivity index (χ1) is 14.1. The van der Waals surface area contributed by atoms with Gasteiger partial charge in [0.15, 0.2) is 5.82 Å². The molecule has 0 aliphatic heterocycles. The molecule has 30 heavy (non-hydrogen) atoms. The molecule has 0 aliphatic rings. The fraction of sp³-hybridized carbons (Fsp3) is 0.300. The molecule has 7 nitrogen and oxygen atoms in total. The molecule has 1 aromatic carbocycles. The Morgan fingerprint density at radius 2 is 1.97 bits per heavy atom. The van der Waals surface area contributed by atoms with Crippen LogP contribution in [0.3, 0.4) is 0 Å². The number of nitrogens with zero attached hydrogens (tertiary/aromatic N) is 3. The van der Waals surface area contributed by atoms with Gasteiger partial charge in [0.1, 0.15) is 0 Å². The lowest BCUT2D eigenvalue weighted by molar-refractivity contribution is -0.109. The van der Waals surface area contributed by atoms with E-state index in [1.807, 2.05) is 32.0 Å². The first-order valence-electron chi connectivity index (χ1n) is 9.03. The summed E-state index contributed by atoms with van der Waals surface area (Å²) < 4.78 is 31.4. The maximum Gasteiger partial charge on any atom is 0.277 e. The smallest absolute Gasteiger partial charge is 0.277 e. The minimum Gasteiger partial charge on any atom is -0.350 e. The van der Waals surface area contributed by atoms with Crippen molar-refractivity contribution in [3.63, 3.8) is 0 Å². The van der Waals surface area contributed by atoms with Crippen LogP contribution < -0.4 is 11.1 Å². The normalized spacial score (nSPS) is 12.0. The van der Waals surface area contributed by atoms with Gasteiger partial charge in [-0.25, -0.2) is 8.78 Å². The van der Waals surface area contributed by atoms with Gasteiger partial charge in [-0.2, -0.15) is 4.98 Å². The van der Waals surface area contributed by atoms with Gasteiger partial charge in [-0.3, -0.25) is 9.78 Å². The van der Waals surface area contributed by atoms with Crippen molar-refractivity contribution >= 4 is 15.6 Å². The lowest BCUT2D eigenvalue weighted by Gasteiger charge is -2.20. The van der Waals surface area contributed by atoms with Crippen LogP contribution in [0.2, 0.25) is 0 Å². The molecular weight excluding hydrogens is 411 g/mol. The molecule has 3 aromatic rings. The maximum absolute atomic E-state index is 13.3. The SMILES string of the molecule is Cc1ccc(-c2cc(C)cc(C(N)C(F)(F)P)c2)nc1.Cc1noc(CNC=O)n1. The third-order valence-electron chi connectivity index (χ3n) is 3.99. The number of carbonyl (C=O) groups is 1. The van der Waals surface area contributed by atoms with Gasteiger partial charge in [0, 0.05) is 11.8 Å². The zero-order valence-corrected chi connectivity index (χ0v) is 18.0. The van der Waals surface area contributed by atoms with Crippen molar-refractivity contribution in [2.75, 3.05) is 0 Å². The van der Waals surface area contributed by atoms with Crippen LogP contribution in [0.4, 0.5) is 8.78 Å². The minimum atomic E-state index is -3.04. The van der Waals surface area contributed by atoms with Crippen molar-refractivity contribution in [3.8, 4) is 11.3 Å². The molecule has 10 heteroatoms. The van der Waals surface area contributed by atoms with Crippen LogP contribution in [0.1, 0.15) is 34.4 Å². The van der Waals surface area contributed by atoms with Crippen molar-refractivity contribution in [3.05, 3.63) is 64.9 Å². The van der Waals surface area contributed by atoms with E-state index < -0.39 is 11.7 Å². The molecule has 160 valence electrons. The largest absolute Gasteiger partial charge is 0.350 e. The maximum atomic E-state index is 13.3. The van der Waals surface area contributed by atoms with Gasteiger partial charge in [-0.05, 0) is 50.1 Å². The van der Waals surface area contributed by atoms with Crippen molar-refractivity contribution in [1.29, 1.82) is 0 Å². The summed E-state index contributed by atoms with van der Waals surface area (Å²) in [5.74, 6) is 0.993. The molecular formula is C20H24F2N5O2P. The number of carbonyl (C=O) groups excluding carboxylic acids is 1. The molecule has 2 aromatic heterocycles. The average Bonchev–Trinajstić information content (AvgIpc) is 3.11. The van der Waals surface area contributed by atoms with Gasteiger partial charge >= 0.3 is 0 Å². The number of nitrogens with two attached hydrogens (primary N) is 1. The summed E-state index contributed by atoms with van der Waals surface area (Å²) in [6, 6.07) is 7.73. The van der Waals surface area contributed by atoms with Crippen LogP contribution in [0, 0.1) is 20.8 Å². The summed E-state index contributed by atoms with van der Waals surface area (Å²) in [4.78, 5) is 18.0. The predicted octanol–water partition coefficient (Wildman–Crippen LogP) is 3.46. The Morgan fingerprint density at radius 3 is 2.50 bits per heavy atom. The molecule has 0 radical (unpaired) electrons. The average molecular weight is 435 g/mol. The number of nitrogens with one attached hydrogen (secondary N) is 1. The molecule has 3 rings (SSSR count). The molecule has 2 atom stereocenters. The highest BCUT2D eigenvalue weighted by molar-refractivity contribution is 7.18. The number of halogens is 2. The van der Waals surface area contributed by atoms with E-state index in [9.17, 15) is 13.6 Å². The van der Waals surface area contributed by atoms with E-state index in [-0.39, 0.29) is 0 Å². The van der Waals surface area contributed by atoms with E-state index in [0.29, 0.717) is 30.2 Å². The molecule has 0 bridgehead atoms. The lowest BCUT2D eigenvalue weighted by atomic mass is 9.99. The van der Waals surface area contributed by atoms with Gasteiger partial charge in [-0.15, -0.1) is 0 Å². The van der Waals surface area contributed by atoms with Crippen LogP contribution in [0.25, 0.3) is 11.3 Å². The van der Waals surface area contributed by atoms with Crippen molar-refractivity contribution < 1.29 is 18.1 Å². The molecule has 2 heterocycles. The summed E-state index contributed by atoms with van der Waals surface area (Å²) in [6.07, 6.45) is 2.33. The number of rotatable bonds is 6. The van der Waals surface area contributed by atoms with Gasteiger partial charge < -0.3 is 15.6 Å². The number of benzene rings is 1. The summed E-state index contributed by atoms with van der Waals surface area (Å²) in [5, 5.41) is 5.93. The number of amides is 1. The van der Waals surface area contributed by atoms with Crippen LogP contribution in [0.15, 0.2) is 41.1 Å². The Balaban J connectivity index is 0.000000269. The predicted molar refractivity (Wildman–Crippen MR) is 113 cm³/mol. The summed E-state index contributed by atoms with van der Waals surface area (Å²) >= 11 is 0. The number of aryl methyl sites for hydroxylation is 3. The van der Waals surface area contributed by atoms with E-state index in [0.717, 1.165) is 22.4 Å². The molecule has 0 spiro atoms. The van der Waals surface area contributed by atoms with Crippen molar-refractivity contribution in [2.24, 2.45) is 5.73 Å². The lowest BCUT2D eigenvalue weighted by Crippen LogP contribution is -2.27. The molecule has 0 aliphatic carbocycles. The Hall–Kier alpha value is -2.77. The fourth-order valence-corrected chi connectivity index (χ4v) is 2.73. The highest BCUT2D eigenvalue weighted by atomic mass is 31.0. The molecule has 3 N–H and O–H groups in total. The van der Waals surface area contributed by atoms with Gasteiger partial charge in [0.2, 0.25) is 12.3 Å².